The van der Waals surface area contributed by atoms with Gasteiger partial charge in [0, 0.05) is 16.1 Å². The Kier molecular flexibility index (Phi) is 6.52. The third-order valence-corrected chi connectivity index (χ3v) is 7.96. The zero-order chi connectivity index (χ0) is 26.1. The summed E-state index contributed by atoms with van der Waals surface area (Å²) in [4.78, 5) is 34.0. The first-order chi connectivity index (χ1) is 18.5. The number of para-hydroxylation sites is 1. The Morgan fingerprint density at radius 3 is 2.53 bits per heavy atom. The van der Waals surface area contributed by atoms with Crippen molar-refractivity contribution in [1.29, 1.82) is 0 Å². The van der Waals surface area contributed by atoms with Crippen molar-refractivity contribution < 1.29 is 9.53 Å². The number of hydrogen-bond donors (Lipinski definition) is 1. The molecule has 6 nitrogen and oxygen atoms in total. The molecule has 2 aromatic heterocycles. The SMILES string of the molecule is Cc1cccc(-c2nc3sc4c(c3c(=O)n2CC(=O)Nc2ccc(Oc3ccccc3)cc2)CCCC4)c1. The van der Waals surface area contributed by atoms with E-state index >= 15 is 0 Å². The van der Waals surface area contributed by atoms with Gasteiger partial charge in [0.15, 0.2) is 0 Å². The van der Waals surface area contributed by atoms with Gasteiger partial charge >= 0.3 is 0 Å². The number of fused-ring (bicyclic) bond motifs is 3. The van der Waals surface area contributed by atoms with Crippen molar-refractivity contribution in [3.63, 3.8) is 0 Å². The summed E-state index contributed by atoms with van der Waals surface area (Å²) in [5.41, 5.74) is 3.49. The fraction of sp³-hybridized carbons (Fsp3) is 0.194. The van der Waals surface area contributed by atoms with Gasteiger partial charge in [-0.05, 0) is 80.6 Å². The minimum absolute atomic E-state index is 0.127. The van der Waals surface area contributed by atoms with Crippen LogP contribution in [-0.2, 0) is 24.2 Å². The Labute approximate surface area is 224 Å². The molecule has 1 amide bonds. The van der Waals surface area contributed by atoms with Gasteiger partial charge in [0.2, 0.25) is 5.91 Å². The second kappa shape index (κ2) is 10.3. The second-order valence-electron chi connectivity index (χ2n) is 9.57. The van der Waals surface area contributed by atoms with Crippen LogP contribution in [0.2, 0.25) is 0 Å². The van der Waals surface area contributed by atoms with Crippen molar-refractivity contribution in [1.82, 2.24) is 9.55 Å². The molecule has 0 fully saturated rings. The van der Waals surface area contributed by atoms with E-state index < -0.39 is 0 Å². The number of amides is 1. The van der Waals surface area contributed by atoms with Crippen LogP contribution in [0.5, 0.6) is 11.5 Å². The van der Waals surface area contributed by atoms with Crippen LogP contribution in [0.25, 0.3) is 21.6 Å². The number of thiophene rings is 1. The molecular weight excluding hydrogens is 494 g/mol. The highest BCUT2D eigenvalue weighted by molar-refractivity contribution is 7.18. The summed E-state index contributed by atoms with van der Waals surface area (Å²) in [6, 6.07) is 24.6. The Morgan fingerprint density at radius 2 is 1.74 bits per heavy atom. The molecule has 0 aliphatic heterocycles. The van der Waals surface area contributed by atoms with Gasteiger partial charge in [-0.15, -0.1) is 11.3 Å². The van der Waals surface area contributed by atoms with E-state index in [9.17, 15) is 9.59 Å². The maximum absolute atomic E-state index is 13.9. The summed E-state index contributed by atoms with van der Waals surface area (Å²) < 4.78 is 7.37. The highest BCUT2D eigenvalue weighted by Gasteiger charge is 2.23. The zero-order valence-corrected chi connectivity index (χ0v) is 21.9. The molecule has 1 N–H and O–H groups in total. The molecule has 0 saturated heterocycles. The molecule has 0 saturated carbocycles. The molecule has 2 heterocycles. The van der Waals surface area contributed by atoms with E-state index in [4.69, 9.17) is 9.72 Å². The van der Waals surface area contributed by atoms with Crippen molar-refractivity contribution >= 4 is 33.1 Å². The molecular formula is C31H27N3O3S. The standard InChI is InChI=1S/C31H27N3O3S/c1-20-8-7-9-21(18-20)29-33-30-28(25-12-5-6-13-26(25)38-30)31(36)34(29)19-27(35)32-22-14-16-24(17-15-22)37-23-10-3-2-4-11-23/h2-4,7-11,14-18H,5-6,12-13,19H2,1H3,(H,32,35). The van der Waals surface area contributed by atoms with Crippen LogP contribution in [0, 0.1) is 6.92 Å². The van der Waals surface area contributed by atoms with E-state index in [1.54, 1.807) is 35.6 Å². The predicted molar refractivity (Wildman–Crippen MR) is 152 cm³/mol. The zero-order valence-electron chi connectivity index (χ0n) is 21.1. The lowest BCUT2D eigenvalue weighted by molar-refractivity contribution is -0.116. The quantitative estimate of drug-likeness (QED) is 0.268. The van der Waals surface area contributed by atoms with Gasteiger partial charge in [0.1, 0.15) is 28.7 Å². The maximum Gasteiger partial charge on any atom is 0.263 e. The number of aryl methyl sites for hydroxylation is 3. The lowest BCUT2D eigenvalue weighted by Gasteiger charge is -2.14. The molecule has 6 rings (SSSR count). The van der Waals surface area contributed by atoms with E-state index in [1.165, 1.54) is 9.44 Å². The molecule has 0 atom stereocenters. The molecule has 1 aliphatic carbocycles. The van der Waals surface area contributed by atoms with Gasteiger partial charge in [-0.3, -0.25) is 14.2 Å². The number of nitrogens with one attached hydrogen (secondary N) is 1. The molecule has 190 valence electrons. The number of carbonyl (C=O) groups excluding carboxylic acids is 1. The van der Waals surface area contributed by atoms with Crippen molar-refractivity contribution in [2.75, 3.05) is 5.32 Å². The summed E-state index contributed by atoms with van der Waals surface area (Å²) in [6.45, 7) is 1.88. The average molecular weight is 522 g/mol. The molecule has 38 heavy (non-hydrogen) atoms. The molecule has 0 radical (unpaired) electrons. The summed E-state index contributed by atoms with van der Waals surface area (Å²) in [5.74, 6) is 1.64. The van der Waals surface area contributed by atoms with Gasteiger partial charge < -0.3 is 10.1 Å². The first-order valence-electron chi connectivity index (χ1n) is 12.8. The van der Waals surface area contributed by atoms with E-state index in [0.29, 0.717) is 22.6 Å². The Balaban J connectivity index is 1.31. The molecule has 7 heteroatoms. The number of ether oxygens (including phenoxy) is 1. The van der Waals surface area contributed by atoms with Crippen molar-refractivity contribution in [2.24, 2.45) is 0 Å². The molecule has 1 aliphatic rings. The predicted octanol–water partition coefficient (Wildman–Crippen LogP) is 6.74. The lowest BCUT2D eigenvalue weighted by Crippen LogP contribution is -2.30. The smallest absolute Gasteiger partial charge is 0.263 e. The highest BCUT2D eigenvalue weighted by Crippen LogP contribution is 2.35. The van der Waals surface area contributed by atoms with Crippen molar-refractivity contribution in [3.8, 4) is 22.9 Å². The molecule has 0 spiro atoms. The first-order valence-corrected chi connectivity index (χ1v) is 13.6. The van der Waals surface area contributed by atoms with Crippen LogP contribution in [0.3, 0.4) is 0 Å². The monoisotopic (exact) mass is 521 g/mol. The fourth-order valence-electron chi connectivity index (χ4n) is 4.96. The minimum Gasteiger partial charge on any atom is -0.457 e. The van der Waals surface area contributed by atoms with Crippen molar-refractivity contribution in [2.45, 2.75) is 39.2 Å². The maximum atomic E-state index is 13.9. The normalized spacial score (nSPS) is 12.8. The number of aromatic nitrogens is 2. The van der Waals surface area contributed by atoms with Crippen LogP contribution in [0.15, 0.2) is 83.7 Å². The van der Waals surface area contributed by atoms with E-state index in [-0.39, 0.29) is 18.0 Å². The second-order valence-corrected chi connectivity index (χ2v) is 10.7. The molecule has 0 bridgehead atoms. The third-order valence-electron chi connectivity index (χ3n) is 6.77. The number of hydrogen-bond acceptors (Lipinski definition) is 5. The van der Waals surface area contributed by atoms with Gasteiger partial charge in [-0.2, -0.15) is 0 Å². The molecule has 0 unspecified atom stereocenters. The minimum atomic E-state index is -0.289. The van der Waals surface area contributed by atoms with Crippen LogP contribution < -0.4 is 15.6 Å². The molecule has 5 aromatic rings. The Morgan fingerprint density at radius 1 is 0.974 bits per heavy atom. The largest absolute Gasteiger partial charge is 0.457 e. The Hall–Kier alpha value is -4.23. The number of carbonyl (C=O) groups is 1. The van der Waals surface area contributed by atoms with Crippen LogP contribution in [0.1, 0.15) is 28.8 Å². The summed E-state index contributed by atoms with van der Waals surface area (Å²) >= 11 is 1.62. The summed E-state index contributed by atoms with van der Waals surface area (Å²) in [6.07, 6.45) is 4.08. The third kappa shape index (κ3) is 4.85. The average Bonchev–Trinajstić information content (AvgIpc) is 3.31. The number of benzene rings is 3. The van der Waals surface area contributed by atoms with Crippen LogP contribution in [0.4, 0.5) is 5.69 Å². The summed E-state index contributed by atoms with van der Waals surface area (Å²) in [5, 5.41) is 3.60. The molecule has 3 aromatic carbocycles. The van der Waals surface area contributed by atoms with Gasteiger partial charge in [-0.1, -0.05) is 42.0 Å². The highest BCUT2D eigenvalue weighted by atomic mass is 32.1. The van der Waals surface area contributed by atoms with Gasteiger partial charge in [-0.25, -0.2) is 4.98 Å². The van der Waals surface area contributed by atoms with Gasteiger partial charge in [0.25, 0.3) is 5.56 Å². The lowest BCUT2D eigenvalue weighted by atomic mass is 9.97. The summed E-state index contributed by atoms with van der Waals surface area (Å²) in [7, 11) is 0. The Bertz CT molecular complexity index is 1690. The van der Waals surface area contributed by atoms with E-state index in [0.717, 1.165) is 53.0 Å². The van der Waals surface area contributed by atoms with E-state index in [2.05, 4.69) is 5.32 Å². The topological polar surface area (TPSA) is 73.2 Å². The first kappa shape index (κ1) is 24.1. The van der Waals surface area contributed by atoms with Gasteiger partial charge in [0.05, 0.1) is 5.39 Å². The fourth-order valence-corrected chi connectivity index (χ4v) is 6.22. The van der Waals surface area contributed by atoms with Crippen molar-refractivity contribution in [3.05, 3.63) is 105 Å². The number of rotatable bonds is 6. The number of anilines is 1. The van der Waals surface area contributed by atoms with Crippen LogP contribution in [-0.4, -0.2) is 15.5 Å². The number of nitrogens with zero attached hydrogens (tertiary/aromatic N) is 2. The van der Waals surface area contributed by atoms with Crippen LogP contribution >= 0.6 is 11.3 Å². The van der Waals surface area contributed by atoms with E-state index in [1.807, 2.05) is 61.5 Å².